The number of nitrogens with zero attached hydrogens (tertiary/aromatic N) is 3. The van der Waals surface area contributed by atoms with Crippen LogP contribution < -0.4 is 9.64 Å². The van der Waals surface area contributed by atoms with Crippen LogP contribution in [0.5, 0.6) is 5.75 Å². The number of amides is 1. The molecule has 0 radical (unpaired) electrons. The van der Waals surface area contributed by atoms with Gasteiger partial charge in [-0.25, -0.2) is 0 Å². The molecule has 1 atom stereocenters. The molecule has 0 aliphatic carbocycles. The molecule has 1 amide bonds. The van der Waals surface area contributed by atoms with Crippen LogP contribution in [0.15, 0.2) is 88.8 Å². The lowest BCUT2D eigenvalue weighted by Gasteiger charge is -2.22. The fraction of sp³-hybridized carbons (Fsp3) is 0.107. The smallest absolute Gasteiger partial charge is 0.301 e. The van der Waals surface area contributed by atoms with E-state index in [0.29, 0.717) is 31.8 Å². The van der Waals surface area contributed by atoms with Crippen LogP contribution in [-0.2, 0) is 9.59 Å². The number of hydrogen-bond donors (Lipinski definition) is 1. The van der Waals surface area contributed by atoms with Gasteiger partial charge >= 0.3 is 5.91 Å². The van der Waals surface area contributed by atoms with Crippen molar-refractivity contribution in [3.63, 3.8) is 0 Å². The Balaban J connectivity index is 1.50. The molecule has 1 aliphatic heterocycles. The minimum absolute atomic E-state index is 0.0709. The first kappa shape index (κ1) is 26.6. The molecular weight excluding hydrogens is 558 g/mol. The van der Waals surface area contributed by atoms with E-state index in [0.717, 1.165) is 11.3 Å². The summed E-state index contributed by atoms with van der Waals surface area (Å²) in [6.45, 7) is 0. The lowest BCUT2D eigenvalue weighted by atomic mass is 9.95. The van der Waals surface area contributed by atoms with Crippen LogP contribution in [0, 0.1) is 0 Å². The molecule has 1 unspecified atom stereocenters. The first-order valence-electron chi connectivity index (χ1n) is 11.6. The monoisotopic (exact) mass is 577 g/mol. The van der Waals surface area contributed by atoms with Crippen LogP contribution in [0.4, 0.5) is 5.13 Å². The molecule has 196 valence electrons. The molecule has 1 saturated heterocycles. The minimum Gasteiger partial charge on any atom is -0.507 e. The van der Waals surface area contributed by atoms with Gasteiger partial charge in [0.15, 0.2) is 10.1 Å². The van der Waals surface area contributed by atoms with Crippen LogP contribution >= 0.6 is 34.7 Å². The highest BCUT2D eigenvalue weighted by Crippen LogP contribution is 2.44. The highest BCUT2D eigenvalue weighted by Gasteiger charge is 2.48. The number of halogens is 1. The Hall–Kier alpha value is -3.99. The second kappa shape index (κ2) is 11.4. The zero-order chi connectivity index (χ0) is 27.5. The van der Waals surface area contributed by atoms with Crippen LogP contribution in [-0.4, -0.2) is 45.6 Å². The highest BCUT2D eigenvalue weighted by atomic mass is 35.5. The van der Waals surface area contributed by atoms with Crippen molar-refractivity contribution in [3.8, 4) is 5.75 Å². The highest BCUT2D eigenvalue weighted by molar-refractivity contribution is 8.01. The van der Waals surface area contributed by atoms with Gasteiger partial charge in [0, 0.05) is 16.1 Å². The number of aliphatic hydroxyl groups is 1. The molecule has 3 aromatic carbocycles. The summed E-state index contributed by atoms with van der Waals surface area (Å²) in [5.74, 6) is -1.39. The van der Waals surface area contributed by atoms with Crippen LogP contribution in [0.3, 0.4) is 0 Å². The predicted molar refractivity (Wildman–Crippen MR) is 151 cm³/mol. The number of ether oxygens (including phenoxy) is 1. The Morgan fingerprint density at radius 3 is 2.36 bits per heavy atom. The Labute approximate surface area is 236 Å². The summed E-state index contributed by atoms with van der Waals surface area (Å²) in [6, 6.07) is 21.1. The first-order chi connectivity index (χ1) is 18.9. The number of thioether (sulfide) groups is 1. The quantitative estimate of drug-likeness (QED) is 0.0698. The molecule has 0 bridgehead atoms. The zero-order valence-corrected chi connectivity index (χ0v) is 22.8. The number of Topliss-reactive ketones (excluding diaryl/α,β-unsaturated/α-hetero) is 2. The summed E-state index contributed by atoms with van der Waals surface area (Å²) in [7, 11) is 1.52. The molecule has 4 aromatic rings. The van der Waals surface area contributed by atoms with E-state index >= 15 is 0 Å². The summed E-state index contributed by atoms with van der Waals surface area (Å²) in [5.41, 5.74) is 1.40. The second-order valence-corrected chi connectivity index (χ2v) is 11.0. The summed E-state index contributed by atoms with van der Waals surface area (Å²) in [5, 5.41) is 20.2. The summed E-state index contributed by atoms with van der Waals surface area (Å²) < 4.78 is 5.63. The van der Waals surface area contributed by atoms with E-state index in [1.807, 2.05) is 6.07 Å². The van der Waals surface area contributed by atoms with Crippen molar-refractivity contribution < 1.29 is 24.2 Å². The van der Waals surface area contributed by atoms with Gasteiger partial charge in [-0.05, 0) is 42.0 Å². The van der Waals surface area contributed by atoms with Gasteiger partial charge in [0.1, 0.15) is 11.5 Å². The van der Waals surface area contributed by atoms with E-state index in [9.17, 15) is 19.5 Å². The normalized spacial score (nSPS) is 16.5. The SMILES string of the molecule is COc1ccc(C(O)=C2C(=O)C(=O)N(c3nnc(SCC(=O)c4ccccc4)s3)C2c2ccc(Cl)cc2)cc1. The van der Waals surface area contributed by atoms with E-state index in [1.54, 1.807) is 72.8 Å². The largest absolute Gasteiger partial charge is 0.507 e. The Bertz CT molecular complexity index is 1570. The molecule has 5 rings (SSSR count). The molecule has 0 saturated carbocycles. The average molecular weight is 578 g/mol. The van der Waals surface area contributed by atoms with Crippen molar-refractivity contribution in [2.75, 3.05) is 17.8 Å². The number of ketones is 2. The number of benzene rings is 3. The molecule has 1 aromatic heterocycles. The van der Waals surface area contributed by atoms with Gasteiger partial charge in [0.05, 0.1) is 24.5 Å². The van der Waals surface area contributed by atoms with Gasteiger partial charge in [0.2, 0.25) is 5.13 Å². The van der Waals surface area contributed by atoms with Crippen molar-refractivity contribution in [2.24, 2.45) is 0 Å². The standard InChI is InChI=1S/C28H20ClN3O5S2/c1-37-20-13-9-18(10-14-20)24(34)22-23(17-7-11-19(29)12-8-17)32(26(36)25(22)35)27-30-31-28(39-27)38-15-21(33)16-5-3-2-4-6-16/h2-14,23,34H,15H2,1H3. The van der Waals surface area contributed by atoms with E-state index in [-0.39, 0.29) is 28.0 Å². The Morgan fingerprint density at radius 1 is 1.00 bits per heavy atom. The van der Waals surface area contributed by atoms with Crippen LogP contribution in [0.25, 0.3) is 5.76 Å². The summed E-state index contributed by atoms with van der Waals surface area (Å²) in [4.78, 5) is 40.4. The van der Waals surface area contributed by atoms with Gasteiger partial charge < -0.3 is 9.84 Å². The maximum Gasteiger partial charge on any atom is 0.301 e. The van der Waals surface area contributed by atoms with Crippen molar-refractivity contribution in [2.45, 2.75) is 10.4 Å². The van der Waals surface area contributed by atoms with E-state index in [1.165, 1.54) is 23.8 Å². The van der Waals surface area contributed by atoms with E-state index in [2.05, 4.69) is 10.2 Å². The van der Waals surface area contributed by atoms with Gasteiger partial charge in [-0.1, -0.05) is 77.2 Å². The molecule has 11 heteroatoms. The summed E-state index contributed by atoms with van der Waals surface area (Å²) in [6.07, 6.45) is 0. The minimum atomic E-state index is -0.971. The Kier molecular flexibility index (Phi) is 7.78. The molecule has 1 N–H and O–H groups in total. The number of carbonyl (C=O) groups is 3. The number of rotatable bonds is 8. The fourth-order valence-corrected chi connectivity index (χ4v) is 5.98. The number of aromatic nitrogens is 2. The third kappa shape index (κ3) is 5.44. The lowest BCUT2D eigenvalue weighted by molar-refractivity contribution is -0.132. The van der Waals surface area contributed by atoms with Crippen molar-refractivity contribution in [1.29, 1.82) is 0 Å². The first-order valence-corrected chi connectivity index (χ1v) is 13.8. The third-order valence-electron chi connectivity index (χ3n) is 6.02. The molecule has 2 heterocycles. The molecule has 8 nitrogen and oxygen atoms in total. The lowest BCUT2D eigenvalue weighted by Crippen LogP contribution is -2.29. The fourth-order valence-electron chi connectivity index (χ4n) is 4.09. The number of hydrogen-bond acceptors (Lipinski definition) is 9. The summed E-state index contributed by atoms with van der Waals surface area (Å²) >= 11 is 8.37. The predicted octanol–water partition coefficient (Wildman–Crippen LogP) is 5.80. The van der Waals surface area contributed by atoms with E-state index < -0.39 is 17.7 Å². The van der Waals surface area contributed by atoms with Crippen molar-refractivity contribution >= 4 is 63.1 Å². The van der Waals surface area contributed by atoms with Crippen LogP contribution in [0.1, 0.15) is 27.5 Å². The molecule has 1 fully saturated rings. The molecular formula is C28H20ClN3O5S2. The average Bonchev–Trinajstić information content (AvgIpc) is 3.54. The topological polar surface area (TPSA) is 110 Å². The maximum atomic E-state index is 13.3. The van der Waals surface area contributed by atoms with Crippen molar-refractivity contribution in [1.82, 2.24) is 10.2 Å². The number of anilines is 1. The van der Waals surface area contributed by atoms with E-state index in [4.69, 9.17) is 16.3 Å². The molecule has 1 aliphatic rings. The van der Waals surface area contributed by atoms with Gasteiger partial charge in [-0.2, -0.15) is 0 Å². The third-order valence-corrected chi connectivity index (χ3v) is 8.33. The molecule has 0 spiro atoms. The maximum absolute atomic E-state index is 13.3. The number of methoxy groups -OCH3 is 1. The second-order valence-electron chi connectivity index (χ2n) is 8.38. The zero-order valence-electron chi connectivity index (χ0n) is 20.4. The Morgan fingerprint density at radius 2 is 1.69 bits per heavy atom. The number of aliphatic hydroxyl groups excluding tert-OH is 1. The van der Waals surface area contributed by atoms with Gasteiger partial charge in [-0.15, -0.1) is 10.2 Å². The van der Waals surface area contributed by atoms with Gasteiger partial charge in [0.25, 0.3) is 5.78 Å². The van der Waals surface area contributed by atoms with Gasteiger partial charge in [-0.3, -0.25) is 19.3 Å². The van der Waals surface area contributed by atoms with Crippen molar-refractivity contribution in [3.05, 3.63) is 106 Å². The van der Waals surface area contributed by atoms with Crippen LogP contribution in [0.2, 0.25) is 5.02 Å². The number of carbonyl (C=O) groups excluding carboxylic acids is 3. The molecule has 39 heavy (non-hydrogen) atoms.